The summed E-state index contributed by atoms with van der Waals surface area (Å²) in [5.41, 5.74) is 11.5. The second-order valence-electron chi connectivity index (χ2n) is 12.2. The third-order valence-electron chi connectivity index (χ3n) is 7.89. The van der Waals surface area contributed by atoms with Crippen molar-refractivity contribution in [2.75, 3.05) is 12.0 Å². The zero-order chi connectivity index (χ0) is 32.0. The largest absolute Gasteiger partial charge is 0.497 e. The molecule has 8 heteroatoms. The van der Waals surface area contributed by atoms with E-state index in [1.807, 2.05) is 97.1 Å². The Morgan fingerprint density at radius 3 is 2.29 bits per heavy atom. The van der Waals surface area contributed by atoms with E-state index in [-0.39, 0.29) is 24.1 Å². The van der Waals surface area contributed by atoms with E-state index in [4.69, 9.17) is 10.5 Å². The average molecular weight is 605 g/mol. The Hall–Kier alpha value is -4.95. The van der Waals surface area contributed by atoms with Gasteiger partial charge in [-0.2, -0.15) is 0 Å². The lowest BCUT2D eigenvalue weighted by Crippen LogP contribution is -2.49. The van der Waals surface area contributed by atoms with Crippen LogP contribution in [0.15, 0.2) is 97.1 Å². The van der Waals surface area contributed by atoms with Crippen LogP contribution in [0.4, 0.5) is 5.69 Å². The predicted octanol–water partition coefficient (Wildman–Crippen LogP) is 5.38. The molecule has 0 aromatic heterocycles. The van der Waals surface area contributed by atoms with Crippen LogP contribution in [0.3, 0.4) is 0 Å². The summed E-state index contributed by atoms with van der Waals surface area (Å²) in [6, 6.07) is 30.2. The predicted molar refractivity (Wildman–Crippen MR) is 177 cm³/mol. The van der Waals surface area contributed by atoms with Gasteiger partial charge in [0.2, 0.25) is 11.8 Å². The summed E-state index contributed by atoms with van der Waals surface area (Å²) in [5, 5.41) is 5.95. The Morgan fingerprint density at radius 1 is 0.911 bits per heavy atom. The monoisotopic (exact) mass is 604 g/mol. The van der Waals surface area contributed by atoms with Crippen molar-refractivity contribution in [3.8, 4) is 16.9 Å². The highest BCUT2D eigenvalue weighted by atomic mass is 16.5. The lowest BCUT2D eigenvalue weighted by Gasteiger charge is -2.27. The first kappa shape index (κ1) is 31.5. The van der Waals surface area contributed by atoms with Gasteiger partial charge in [0.25, 0.3) is 5.91 Å². The number of aryl methyl sites for hydroxylation is 1. The molecular weight excluding hydrogens is 564 g/mol. The third-order valence-corrected chi connectivity index (χ3v) is 7.89. The number of methoxy groups -OCH3 is 1. The first-order chi connectivity index (χ1) is 21.6. The number of para-hydroxylation sites is 1. The number of nitrogens with zero attached hydrogens (tertiary/aromatic N) is 1. The maximum atomic E-state index is 13.8. The van der Waals surface area contributed by atoms with E-state index in [0.717, 1.165) is 39.3 Å². The van der Waals surface area contributed by atoms with E-state index in [1.165, 1.54) is 0 Å². The van der Waals surface area contributed by atoms with Crippen LogP contribution in [0, 0.1) is 0 Å². The van der Waals surface area contributed by atoms with Gasteiger partial charge in [0.05, 0.1) is 13.7 Å². The van der Waals surface area contributed by atoms with E-state index < -0.39 is 11.6 Å². The van der Waals surface area contributed by atoms with Crippen LogP contribution < -0.4 is 26.0 Å². The van der Waals surface area contributed by atoms with Gasteiger partial charge in [-0.3, -0.25) is 14.4 Å². The van der Waals surface area contributed by atoms with E-state index in [2.05, 4.69) is 10.6 Å². The topological polar surface area (TPSA) is 114 Å². The van der Waals surface area contributed by atoms with Gasteiger partial charge in [0.1, 0.15) is 11.8 Å². The van der Waals surface area contributed by atoms with Crippen molar-refractivity contribution < 1.29 is 19.1 Å². The Labute approximate surface area is 264 Å². The molecule has 1 unspecified atom stereocenters. The summed E-state index contributed by atoms with van der Waals surface area (Å²) < 4.78 is 5.21. The summed E-state index contributed by atoms with van der Waals surface area (Å²) in [7, 11) is 1.62. The number of benzene rings is 4. The number of nitrogens with two attached hydrogens (primary N) is 1. The molecule has 45 heavy (non-hydrogen) atoms. The van der Waals surface area contributed by atoms with Gasteiger partial charge in [0.15, 0.2) is 0 Å². The fourth-order valence-electron chi connectivity index (χ4n) is 5.60. The molecule has 4 aromatic carbocycles. The second-order valence-corrected chi connectivity index (χ2v) is 12.2. The molecule has 8 nitrogen and oxygen atoms in total. The lowest BCUT2D eigenvalue weighted by molar-refractivity contribution is -0.128. The van der Waals surface area contributed by atoms with E-state index in [1.54, 1.807) is 25.9 Å². The van der Waals surface area contributed by atoms with Crippen molar-refractivity contribution in [2.24, 2.45) is 5.73 Å². The van der Waals surface area contributed by atoms with Gasteiger partial charge >= 0.3 is 0 Å². The molecule has 1 heterocycles. The van der Waals surface area contributed by atoms with Gasteiger partial charge < -0.3 is 26.0 Å². The number of amides is 3. The number of hydrogen-bond donors (Lipinski definition) is 3. The molecule has 4 N–H and O–H groups in total. The van der Waals surface area contributed by atoms with Gasteiger partial charge in [-0.05, 0) is 78.8 Å². The first-order valence-electron chi connectivity index (χ1n) is 15.2. The van der Waals surface area contributed by atoms with Gasteiger partial charge in [-0.1, -0.05) is 72.8 Å². The number of carbonyl (C=O) groups is 3. The average Bonchev–Trinajstić information content (AvgIpc) is 3.16. The molecule has 1 aliphatic heterocycles. The van der Waals surface area contributed by atoms with Crippen molar-refractivity contribution in [2.45, 2.75) is 57.8 Å². The molecule has 0 fully saturated rings. The quantitative estimate of drug-likeness (QED) is 0.225. The molecule has 232 valence electrons. The van der Waals surface area contributed by atoms with E-state index in [9.17, 15) is 14.4 Å². The first-order valence-corrected chi connectivity index (χ1v) is 15.2. The molecule has 0 aliphatic carbocycles. The number of ether oxygens (including phenoxy) is 1. The van der Waals surface area contributed by atoms with Crippen LogP contribution in [-0.4, -0.2) is 36.4 Å². The SMILES string of the molecule is COc1ccc(CNC(=O)c2ccccc2-c2ccc(CN3C(=O)C(NC(=O)CC(C)(C)N)CCc4ccccc43)cc2)cc1. The van der Waals surface area contributed by atoms with Crippen molar-refractivity contribution in [3.63, 3.8) is 0 Å². The molecule has 1 aliphatic rings. The van der Waals surface area contributed by atoms with Crippen LogP contribution in [0.2, 0.25) is 0 Å². The smallest absolute Gasteiger partial charge is 0.252 e. The van der Waals surface area contributed by atoms with E-state index in [0.29, 0.717) is 31.5 Å². The van der Waals surface area contributed by atoms with Crippen LogP contribution >= 0.6 is 0 Å². The zero-order valence-electron chi connectivity index (χ0n) is 26.0. The Kier molecular flexibility index (Phi) is 9.64. The van der Waals surface area contributed by atoms with Crippen LogP contribution in [0.1, 0.15) is 53.7 Å². The van der Waals surface area contributed by atoms with Crippen molar-refractivity contribution in [1.29, 1.82) is 0 Å². The minimum Gasteiger partial charge on any atom is -0.497 e. The molecule has 3 amide bonds. The van der Waals surface area contributed by atoms with Crippen LogP contribution in [0.5, 0.6) is 5.75 Å². The fourth-order valence-corrected chi connectivity index (χ4v) is 5.60. The summed E-state index contributed by atoms with van der Waals surface area (Å²) in [6.45, 7) is 4.32. The highest BCUT2D eigenvalue weighted by molar-refractivity contribution is 6.01. The molecular formula is C37H40N4O4. The fraction of sp³-hybridized carbons (Fsp3) is 0.270. The minimum atomic E-state index is -0.669. The number of carbonyl (C=O) groups excluding carboxylic acids is 3. The maximum Gasteiger partial charge on any atom is 0.252 e. The Balaban J connectivity index is 1.32. The highest BCUT2D eigenvalue weighted by Crippen LogP contribution is 2.30. The van der Waals surface area contributed by atoms with Gasteiger partial charge in [-0.15, -0.1) is 0 Å². The van der Waals surface area contributed by atoms with Gasteiger partial charge in [0, 0.05) is 29.8 Å². The molecule has 1 atom stereocenters. The molecule has 0 spiro atoms. The van der Waals surface area contributed by atoms with Crippen LogP contribution in [0.25, 0.3) is 11.1 Å². The number of hydrogen-bond acceptors (Lipinski definition) is 5. The Morgan fingerprint density at radius 2 is 1.58 bits per heavy atom. The molecule has 0 radical (unpaired) electrons. The van der Waals surface area contributed by atoms with Gasteiger partial charge in [-0.25, -0.2) is 0 Å². The number of nitrogens with one attached hydrogen (secondary N) is 2. The maximum absolute atomic E-state index is 13.8. The summed E-state index contributed by atoms with van der Waals surface area (Å²) in [4.78, 5) is 41.5. The van der Waals surface area contributed by atoms with Crippen molar-refractivity contribution in [3.05, 3.63) is 119 Å². The summed E-state index contributed by atoms with van der Waals surface area (Å²) in [5.74, 6) is 0.221. The number of anilines is 1. The minimum absolute atomic E-state index is 0.131. The third kappa shape index (κ3) is 7.96. The summed E-state index contributed by atoms with van der Waals surface area (Å²) >= 11 is 0. The molecule has 0 saturated carbocycles. The molecule has 0 bridgehead atoms. The molecule has 4 aromatic rings. The standard InChI is InChI=1S/C37H40N4O4/c1-37(2,38)22-34(42)40-32-21-18-28-8-4-7-11-33(28)41(36(32)44)24-26-12-16-27(17-13-26)30-9-5-6-10-31(30)35(43)39-23-25-14-19-29(45-3)20-15-25/h4-17,19-20,32H,18,21-24,38H2,1-3H3,(H,39,43)(H,40,42). The van der Waals surface area contributed by atoms with Crippen LogP contribution in [-0.2, 0) is 29.1 Å². The van der Waals surface area contributed by atoms with Crippen molar-refractivity contribution >= 4 is 23.4 Å². The van der Waals surface area contributed by atoms with E-state index >= 15 is 0 Å². The molecule has 0 saturated heterocycles. The highest BCUT2D eigenvalue weighted by Gasteiger charge is 2.32. The zero-order valence-corrected chi connectivity index (χ0v) is 26.0. The molecule has 5 rings (SSSR count). The number of fused-ring (bicyclic) bond motifs is 1. The van der Waals surface area contributed by atoms with Crippen molar-refractivity contribution in [1.82, 2.24) is 10.6 Å². The summed E-state index contributed by atoms with van der Waals surface area (Å²) in [6.07, 6.45) is 1.32. The Bertz CT molecular complexity index is 1660. The second kappa shape index (κ2) is 13.8. The number of rotatable bonds is 10. The lowest BCUT2D eigenvalue weighted by atomic mass is 9.98. The normalized spacial score (nSPS) is 14.7.